The zero-order valence-electron chi connectivity index (χ0n) is 9.75. The first kappa shape index (κ1) is 13.3. The lowest BCUT2D eigenvalue weighted by Crippen LogP contribution is -2.14. The second kappa shape index (κ2) is 5.27. The maximum Gasteiger partial charge on any atom is 0.123 e. The van der Waals surface area contributed by atoms with E-state index in [1.54, 1.807) is 12.1 Å². The maximum atomic E-state index is 13.3. The van der Waals surface area contributed by atoms with E-state index in [-0.39, 0.29) is 5.82 Å². The van der Waals surface area contributed by atoms with Crippen LogP contribution < -0.4 is 5.73 Å². The van der Waals surface area contributed by atoms with Gasteiger partial charge in [0.05, 0.1) is 6.04 Å². The van der Waals surface area contributed by atoms with Crippen LogP contribution in [0.25, 0.3) is 0 Å². The third-order valence-corrected chi connectivity index (χ3v) is 3.45. The summed E-state index contributed by atoms with van der Waals surface area (Å²) in [6, 6.07) is 9.13. The first-order chi connectivity index (χ1) is 8.49. The normalized spacial score (nSPS) is 12.5. The van der Waals surface area contributed by atoms with Gasteiger partial charge in [0.25, 0.3) is 0 Å². The van der Waals surface area contributed by atoms with E-state index in [9.17, 15) is 4.39 Å². The molecule has 0 spiro atoms. The fourth-order valence-corrected chi connectivity index (χ4v) is 2.28. The molecule has 1 unspecified atom stereocenters. The highest BCUT2D eigenvalue weighted by atomic mass is 35.5. The molecule has 2 rings (SSSR count). The molecule has 0 amide bonds. The topological polar surface area (TPSA) is 26.0 Å². The molecule has 0 bridgehead atoms. The van der Waals surface area contributed by atoms with Gasteiger partial charge in [0.2, 0.25) is 0 Å². The van der Waals surface area contributed by atoms with E-state index in [4.69, 9.17) is 28.9 Å². The minimum Gasteiger partial charge on any atom is -0.320 e. The van der Waals surface area contributed by atoms with Crippen molar-refractivity contribution in [2.45, 2.75) is 13.0 Å². The van der Waals surface area contributed by atoms with Crippen molar-refractivity contribution >= 4 is 23.2 Å². The van der Waals surface area contributed by atoms with Gasteiger partial charge in [-0.25, -0.2) is 4.39 Å². The summed E-state index contributed by atoms with van der Waals surface area (Å²) in [6.07, 6.45) is 0. The number of benzene rings is 2. The third kappa shape index (κ3) is 2.66. The second-order valence-electron chi connectivity index (χ2n) is 4.14. The number of hydrogen-bond donors (Lipinski definition) is 1. The van der Waals surface area contributed by atoms with Crippen LogP contribution in [-0.4, -0.2) is 0 Å². The summed E-state index contributed by atoms with van der Waals surface area (Å²) in [6.45, 7) is 1.93. The average molecular weight is 284 g/mol. The molecule has 0 aliphatic rings. The first-order valence-corrected chi connectivity index (χ1v) is 6.21. The summed E-state index contributed by atoms with van der Waals surface area (Å²) in [4.78, 5) is 0. The van der Waals surface area contributed by atoms with Gasteiger partial charge in [0, 0.05) is 10.0 Å². The molecule has 94 valence electrons. The summed E-state index contributed by atoms with van der Waals surface area (Å²) in [5.41, 5.74) is 8.54. The van der Waals surface area contributed by atoms with Gasteiger partial charge in [-0.1, -0.05) is 29.3 Å². The van der Waals surface area contributed by atoms with Crippen molar-refractivity contribution in [2.75, 3.05) is 0 Å². The van der Waals surface area contributed by atoms with Crippen molar-refractivity contribution in [3.63, 3.8) is 0 Å². The highest BCUT2D eigenvalue weighted by molar-refractivity contribution is 6.31. The van der Waals surface area contributed by atoms with Gasteiger partial charge in [-0.05, 0) is 53.9 Å². The Morgan fingerprint density at radius 2 is 1.78 bits per heavy atom. The van der Waals surface area contributed by atoms with Gasteiger partial charge in [-0.3, -0.25) is 0 Å². The van der Waals surface area contributed by atoms with Crippen molar-refractivity contribution in [3.05, 3.63) is 69.0 Å². The predicted molar refractivity (Wildman–Crippen MR) is 73.6 cm³/mol. The maximum absolute atomic E-state index is 13.3. The molecular weight excluding hydrogens is 272 g/mol. The van der Waals surface area contributed by atoms with Crippen molar-refractivity contribution in [1.29, 1.82) is 0 Å². The summed E-state index contributed by atoms with van der Waals surface area (Å²) < 4.78 is 13.3. The molecule has 0 fully saturated rings. The smallest absolute Gasteiger partial charge is 0.123 e. The quantitative estimate of drug-likeness (QED) is 0.864. The van der Waals surface area contributed by atoms with Crippen LogP contribution in [0.3, 0.4) is 0 Å². The van der Waals surface area contributed by atoms with Gasteiger partial charge in [-0.15, -0.1) is 0 Å². The van der Waals surface area contributed by atoms with Gasteiger partial charge < -0.3 is 5.73 Å². The molecule has 0 saturated heterocycles. The lowest BCUT2D eigenvalue weighted by atomic mass is 9.96. The summed E-state index contributed by atoms with van der Waals surface area (Å²) in [7, 11) is 0. The molecule has 0 aliphatic heterocycles. The Morgan fingerprint density at radius 1 is 1.06 bits per heavy atom. The molecular formula is C14H12Cl2FN. The fourth-order valence-electron chi connectivity index (χ4n) is 1.87. The van der Waals surface area contributed by atoms with E-state index in [1.807, 2.05) is 13.0 Å². The number of aryl methyl sites for hydroxylation is 1. The van der Waals surface area contributed by atoms with Crippen molar-refractivity contribution in [3.8, 4) is 0 Å². The minimum absolute atomic E-state index is 0.357. The average Bonchev–Trinajstić information content (AvgIpc) is 2.34. The number of nitrogens with two attached hydrogens (primary N) is 1. The summed E-state index contributed by atoms with van der Waals surface area (Å²) >= 11 is 12.0. The number of rotatable bonds is 2. The highest BCUT2D eigenvalue weighted by Crippen LogP contribution is 2.30. The summed E-state index contributed by atoms with van der Waals surface area (Å²) in [5.74, 6) is -0.357. The Labute approximate surface area is 115 Å². The highest BCUT2D eigenvalue weighted by Gasteiger charge is 2.15. The first-order valence-electron chi connectivity index (χ1n) is 5.45. The van der Waals surface area contributed by atoms with Crippen LogP contribution in [0, 0.1) is 12.7 Å². The third-order valence-electron chi connectivity index (χ3n) is 2.87. The Bertz CT molecular complexity index is 533. The molecule has 1 nitrogen and oxygen atoms in total. The standard InChI is InChI=1S/C14H12Cl2FN/c1-8-2-3-9(15)6-11(8)14(18)12-7-10(17)4-5-13(12)16/h2-7,14H,18H2,1H3. The Kier molecular flexibility index (Phi) is 3.91. The van der Waals surface area contributed by atoms with Crippen LogP contribution in [0.2, 0.25) is 10.0 Å². The Morgan fingerprint density at radius 3 is 2.50 bits per heavy atom. The van der Waals surface area contributed by atoms with E-state index in [1.165, 1.54) is 18.2 Å². The zero-order valence-corrected chi connectivity index (χ0v) is 11.3. The monoisotopic (exact) mass is 283 g/mol. The molecule has 0 heterocycles. The molecule has 0 radical (unpaired) electrons. The van der Waals surface area contributed by atoms with E-state index in [2.05, 4.69) is 0 Å². The lowest BCUT2D eigenvalue weighted by molar-refractivity contribution is 0.623. The Balaban J connectivity index is 2.50. The van der Waals surface area contributed by atoms with Gasteiger partial charge in [0.15, 0.2) is 0 Å². The molecule has 4 heteroatoms. The predicted octanol–water partition coefficient (Wildman–Crippen LogP) is 4.49. The SMILES string of the molecule is Cc1ccc(Cl)cc1C(N)c1cc(F)ccc1Cl. The number of hydrogen-bond acceptors (Lipinski definition) is 1. The van der Waals surface area contributed by atoms with Crippen LogP contribution in [0.4, 0.5) is 4.39 Å². The molecule has 0 saturated carbocycles. The van der Waals surface area contributed by atoms with Crippen molar-refractivity contribution in [2.24, 2.45) is 5.73 Å². The molecule has 1 atom stereocenters. The van der Waals surface area contributed by atoms with Crippen LogP contribution in [-0.2, 0) is 0 Å². The molecule has 2 aromatic carbocycles. The molecule has 2 N–H and O–H groups in total. The fraction of sp³-hybridized carbons (Fsp3) is 0.143. The van der Waals surface area contributed by atoms with Gasteiger partial charge in [0.1, 0.15) is 5.82 Å². The Hall–Kier alpha value is -1.09. The minimum atomic E-state index is -0.494. The van der Waals surface area contributed by atoms with E-state index < -0.39 is 6.04 Å². The van der Waals surface area contributed by atoms with Crippen molar-refractivity contribution < 1.29 is 4.39 Å². The van der Waals surface area contributed by atoms with Gasteiger partial charge in [-0.2, -0.15) is 0 Å². The van der Waals surface area contributed by atoms with Crippen LogP contribution in [0.1, 0.15) is 22.7 Å². The summed E-state index contributed by atoms with van der Waals surface area (Å²) in [5, 5.41) is 1.04. The number of halogens is 3. The van der Waals surface area contributed by atoms with Crippen LogP contribution in [0.15, 0.2) is 36.4 Å². The van der Waals surface area contributed by atoms with E-state index in [0.29, 0.717) is 15.6 Å². The second-order valence-corrected chi connectivity index (χ2v) is 4.99. The molecule has 0 aliphatic carbocycles. The van der Waals surface area contributed by atoms with Crippen LogP contribution >= 0.6 is 23.2 Å². The molecule has 0 aromatic heterocycles. The molecule has 18 heavy (non-hydrogen) atoms. The lowest BCUT2D eigenvalue weighted by Gasteiger charge is -2.17. The largest absolute Gasteiger partial charge is 0.320 e. The molecule has 2 aromatic rings. The zero-order chi connectivity index (χ0) is 13.3. The van der Waals surface area contributed by atoms with Crippen LogP contribution in [0.5, 0.6) is 0 Å². The van der Waals surface area contributed by atoms with E-state index in [0.717, 1.165) is 11.1 Å². The van der Waals surface area contributed by atoms with E-state index >= 15 is 0 Å². The van der Waals surface area contributed by atoms with Crippen molar-refractivity contribution in [1.82, 2.24) is 0 Å². The van der Waals surface area contributed by atoms with Gasteiger partial charge >= 0.3 is 0 Å².